The van der Waals surface area contributed by atoms with Crippen molar-refractivity contribution in [3.05, 3.63) is 24.0 Å². The van der Waals surface area contributed by atoms with E-state index in [0.29, 0.717) is 5.92 Å². The van der Waals surface area contributed by atoms with Crippen LogP contribution in [0.25, 0.3) is 0 Å². The molecule has 0 bridgehead atoms. The summed E-state index contributed by atoms with van der Waals surface area (Å²) in [4.78, 5) is 0. The average molecular weight is 236 g/mol. The number of rotatable bonds is 6. The van der Waals surface area contributed by atoms with Crippen molar-refractivity contribution in [2.24, 2.45) is 5.92 Å². The second-order valence-corrected chi connectivity index (χ2v) is 5.16. The molecule has 1 saturated carbocycles. The van der Waals surface area contributed by atoms with Gasteiger partial charge >= 0.3 is 0 Å². The third-order valence-electron chi connectivity index (χ3n) is 3.64. The Morgan fingerprint density at radius 3 is 3.06 bits per heavy atom. The van der Waals surface area contributed by atoms with Gasteiger partial charge in [-0.2, -0.15) is 0 Å². The molecule has 0 radical (unpaired) electrons. The number of aromatic nitrogens is 1. The van der Waals surface area contributed by atoms with Crippen LogP contribution in [0.2, 0.25) is 0 Å². The first kappa shape index (κ1) is 12.7. The summed E-state index contributed by atoms with van der Waals surface area (Å²) in [6.07, 6.45) is 6.41. The quantitative estimate of drug-likeness (QED) is 0.794. The predicted molar refractivity (Wildman–Crippen MR) is 69.8 cm³/mol. The van der Waals surface area contributed by atoms with Gasteiger partial charge in [-0.1, -0.05) is 6.92 Å². The third-order valence-corrected chi connectivity index (χ3v) is 3.64. The zero-order valence-electron chi connectivity index (χ0n) is 10.7. The van der Waals surface area contributed by atoms with Crippen molar-refractivity contribution in [1.29, 1.82) is 0 Å². The van der Waals surface area contributed by atoms with Gasteiger partial charge in [0.15, 0.2) is 0 Å². The lowest BCUT2D eigenvalue weighted by molar-refractivity contribution is 0.177. The van der Waals surface area contributed by atoms with Crippen LogP contribution in [0.5, 0.6) is 0 Å². The van der Waals surface area contributed by atoms with Crippen LogP contribution in [0.4, 0.5) is 0 Å². The van der Waals surface area contributed by atoms with E-state index < -0.39 is 0 Å². The van der Waals surface area contributed by atoms with Crippen molar-refractivity contribution in [3.63, 3.8) is 0 Å². The Morgan fingerprint density at radius 1 is 1.47 bits per heavy atom. The summed E-state index contributed by atoms with van der Waals surface area (Å²) in [6.45, 7) is 5.29. The Hall–Kier alpha value is -0.800. The van der Waals surface area contributed by atoms with E-state index in [-0.39, 0.29) is 6.10 Å². The van der Waals surface area contributed by atoms with Crippen molar-refractivity contribution in [2.75, 3.05) is 6.54 Å². The van der Waals surface area contributed by atoms with E-state index in [4.69, 9.17) is 0 Å². The van der Waals surface area contributed by atoms with Crippen LogP contribution in [0, 0.1) is 5.92 Å². The van der Waals surface area contributed by atoms with Crippen LogP contribution in [-0.2, 0) is 13.1 Å². The maximum Gasteiger partial charge on any atom is 0.0543 e. The van der Waals surface area contributed by atoms with Crippen molar-refractivity contribution < 1.29 is 5.11 Å². The highest BCUT2D eigenvalue weighted by atomic mass is 16.3. The van der Waals surface area contributed by atoms with Crippen molar-refractivity contribution in [1.82, 2.24) is 9.88 Å². The van der Waals surface area contributed by atoms with E-state index >= 15 is 0 Å². The fraction of sp³-hybridized carbons (Fsp3) is 0.714. The summed E-state index contributed by atoms with van der Waals surface area (Å²) in [5, 5.41) is 13.0. The summed E-state index contributed by atoms with van der Waals surface area (Å²) >= 11 is 0. The molecule has 17 heavy (non-hydrogen) atoms. The zero-order valence-corrected chi connectivity index (χ0v) is 10.7. The SMILES string of the molecule is CCCn1cccc1CNCC1CCC(O)C1. The van der Waals surface area contributed by atoms with Gasteiger partial charge in [-0.25, -0.2) is 0 Å². The number of aliphatic hydroxyl groups is 1. The van der Waals surface area contributed by atoms with Gasteiger partial charge in [0.1, 0.15) is 0 Å². The average Bonchev–Trinajstić information content (AvgIpc) is 2.90. The monoisotopic (exact) mass is 236 g/mol. The Balaban J connectivity index is 1.72. The van der Waals surface area contributed by atoms with E-state index in [0.717, 1.165) is 32.5 Å². The molecule has 0 aromatic carbocycles. The van der Waals surface area contributed by atoms with Gasteiger partial charge in [-0.3, -0.25) is 0 Å². The first-order valence-corrected chi connectivity index (χ1v) is 6.82. The molecule has 0 amide bonds. The molecular formula is C14H24N2O. The number of aliphatic hydroxyl groups excluding tert-OH is 1. The van der Waals surface area contributed by atoms with Crippen LogP contribution < -0.4 is 5.32 Å². The Bertz CT molecular complexity index is 335. The fourth-order valence-electron chi connectivity index (χ4n) is 2.71. The lowest BCUT2D eigenvalue weighted by Gasteiger charge is -2.12. The second kappa shape index (κ2) is 6.22. The third kappa shape index (κ3) is 3.58. The standard InChI is InChI=1S/C14H24N2O/c1-2-7-16-8-3-4-13(16)11-15-10-12-5-6-14(17)9-12/h3-4,8,12,14-15,17H,2,5-7,9-11H2,1H3. The maximum atomic E-state index is 9.47. The lowest BCUT2D eigenvalue weighted by atomic mass is 10.1. The molecule has 1 aliphatic carbocycles. The molecule has 0 saturated heterocycles. The van der Waals surface area contributed by atoms with Gasteiger partial charge in [0, 0.05) is 25.0 Å². The van der Waals surface area contributed by atoms with Gasteiger partial charge in [-0.05, 0) is 50.3 Å². The Kier molecular flexibility index (Phi) is 4.63. The fourth-order valence-corrected chi connectivity index (χ4v) is 2.71. The molecule has 0 spiro atoms. The van der Waals surface area contributed by atoms with Gasteiger partial charge in [-0.15, -0.1) is 0 Å². The van der Waals surface area contributed by atoms with Gasteiger partial charge < -0.3 is 15.0 Å². The van der Waals surface area contributed by atoms with Crippen molar-refractivity contribution in [2.45, 2.75) is 51.8 Å². The smallest absolute Gasteiger partial charge is 0.0543 e. The van der Waals surface area contributed by atoms with Gasteiger partial charge in [0.05, 0.1) is 6.10 Å². The molecule has 1 aliphatic rings. The normalized spacial score (nSPS) is 24.4. The summed E-state index contributed by atoms with van der Waals surface area (Å²) in [6, 6.07) is 4.30. The highest BCUT2D eigenvalue weighted by molar-refractivity contribution is 5.06. The first-order valence-electron chi connectivity index (χ1n) is 6.82. The Morgan fingerprint density at radius 2 is 2.35 bits per heavy atom. The summed E-state index contributed by atoms with van der Waals surface area (Å²) in [7, 11) is 0. The predicted octanol–water partition coefficient (Wildman–Crippen LogP) is 2.15. The molecule has 2 rings (SSSR count). The number of nitrogens with one attached hydrogen (secondary N) is 1. The molecule has 1 heterocycles. The van der Waals surface area contributed by atoms with E-state index in [2.05, 4.69) is 35.1 Å². The topological polar surface area (TPSA) is 37.2 Å². The first-order chi connectivity index (χ1) is 8.29. The minimum absolute atomic E-state index is 0.0502. The molecule has 2 unspecified atom stereocenters. The molecule has 3 nitrogen and oxygen atoms in total. The van der Waals surface area contributed by atoms with Gasteiger partial charge in [0.25, 0.3) is 0 Å². The molecule has 96 valence electrons. The van der Waals surface area contributed by atoms with Crippen LogP contribution in [-0.4, -0.2) is 22.3 Å². The number of aryl methyl sites for hydroxylation is 1. The molecule has 2 atom stereocenters. The van der Waals surface area contributed by atoms with Crippen molar-refractivity contribution in [3.8, 4) is 0 Å². The molecule has 1 fully saturated rings. The Labute approximate surface area is 104 Å². The van der Waals surface area contributed by atoms with Crippen LogP contribution in [0.3, 0.4) is 0 Å². The molecule has 0 aliphatic heterocycles. The highest BCUT2D eigenvalue weighted by Gasteiger charge is 2.22. The van der Waals surface area contributed by atoms with Gasteiger partial charge in [0.2, 0.25) is 0 Å². The number of hydrogen-bond acceptors (Lipinski definition) is 2. The molecule has 1 aromatic rings. The summed E-state index contributed by atoms with van der Waals surface area (Å²) < 4.78 is 2.32. The van der Waals surface area contributed by atoms with E-state index in [1.54, 1.807) is 0 Å². The molecular weight excluding hydrogens is 212 g/mol. The van der Waals surface area contributed by atoms with Crippen LogP contribution >= 0.6 is 0 Å². The van der Waals surface area contributed by atoms with E-state index in [9.17, 15) is 5.11 Å². The number of nitrogens with zero attached hydrogens (tertiary/aromatic N) is 1. The molecule has 2 N–H and O–H groups in total. The maximum absolute atomic E-state index is 9.47. The van der Waals surface area contributed by atoms with E-state index in [1.807, 2.05) is 0 Å². The zero-order chi connectivity index (χ0) is 12.1. The van der Waals surface area contributed by atoms with Crippen LogP contribution in [0.15, 0.2) is 18.3 Å². The minimum Gasteiger partial charge on any atom is -0.393 e. The summed E-state index contributed by atoms with van der Waals surface area (Å²) in [5.74, 6) is 0.666. The van der Waals surface area contributed by atoms with Crippen LogP contribution in [0.1, 0.15) is 38.3 Å². The highest BCUT2D eigenvalue weighted by Crippen LogP contribution is 2.24. The van der Waals surface area contributed by atoms with E-state index in [1.165, 1.54) is 18.5 Å². The molecule has 1 aromatic heterocycles. The minimum atomic E-state index is -0.0502. The van der Waals surface area contributed by atoms with Crippen molar-refractivity contribution >= 4 is 0 Å². The summed E-state index contributed by atoms with van der Waals surface area (Å²) in [5.41, 5.74) is 1.37. The largest absolute Gasteiger partial charge is 0.393 e. The number of hydrogen-bond donors (Lipinski definition) is 2. The molecule has 3 heteroatoms. The second-order valence-electron chi connectivity index (χ2n) is 5.16. The lowest BCUT2D eigenvalue weighted by Crippen LogP contribution is -2.22.